The molecular weight excluding hydrogens is 352 g/mol. The Bertz CT molecular complexity index is 773. The van der Waals surface area contributed by atoms with Gasteiger partial charge < -0.3 is 9.53 Å². The lowest BCUT2D eigenvalue weighted by atomic mass is 10.0. The number of nitrogens with zero attached hydrogens (tertiary/aromatic N) is 1. The number of carbonyl (C=O) groups is 5. The third-order valence-electron chi connectivity index (χ3n) is 4.15. The highest BCUT2D eigenvalue weighted by molar-refractivity contribution is 6.23. The number of hydrogen-bond donors (Lipinski definition) is 1. The van der Waals surface area contributed by atoms with Gasteiger partial charge in [-0.2, -0.15) is 0 Å². The van der Waals surface area contributed by atoms with Crippen molar-refractivity contribution >= 4 is 29.9 Å². The molecular formula is C19H22N2O6. The van der Waals surface area contributed by atoms with E-state index >= 15 is 0 Å². The van der Waals surface area contributed by atoms with E-state index in [2.05, 4.69) is 5.32 Å². The number of nitrogens with one attached hydrogen (secondary N) is 1. The molecule has 1 saturated heterocycles. The molecule has 1 aromatic rings. The summed E-state index contributed by atoms with van der Waals surface area (Å²) in [5, 5.41) is 2.15. The molecule has 0 aromatic heterocycles. The van der Waals surface area contributed by atoms with Gasteiger partial charge in [-0.1, -0.05) is 13.8 Å². The number of unbranched alkanes of at least 4 members (excludes halogenated alkanes) is 1. The monoisotopic (exact) mass is 374 g/mol. The molecule has 3 rings (SSSR count). The molecule has 1 fully saturated rings. The normalized spacial score (nSPS) is 18.4. The van der Waals surface area contributed by atoms with Gasteiger partial charge in [0.2, 0.25) is 11.8 Å². The van der Waals surface area contributed by atoms with Gasteiger partial charge in [-0.25, -0.2) is 0 Å². The van der Waals surface area contributed by atoms with Crippen molar-refractivity contribution in [2.24, 2.45) is 0 Å². The number of hydrogen-bond acceptors (Lipinski definition) is 6. The first kappa shape index (κ1) is 20.3. The summed E-state index contributed by atoms with van der Waals surface area (Å²) in [7, 11) is 0. The first-order valence-corrected chi connectivity index (χ1v) is 8.95. The van der Waals surface area contributed by atoms with Crippen LogP contribution in [-0.2, 0) is 14.4 Å². The van der Waals surface area contributed by atoms with E-state index in [1.54, 1.807) is 6.07 Å². The van der Waals surface area contributed by atoms with E-state index in [9.17, 15) is 24.0 Å². The lowest BCUT2D eigenvalue weighted by Crippen LogP contribution is -2.54. The molecule has 4 amide bonds. The van der Waals surface area contributed by atoms with Crippen LogP contribution >= 0.6 is 0 Å². The first-order chi connectivity index (χ1) is 13.0. The fourth-order valence-electron chi connectivity index (χ4n) is 2.90. The smallest absolute Gasteiger partial charge is 0.262 e. The van der Waals surface area contributed by atoms with Crippen LogP contribution in [0, 0.1) is 0 Å². The number of amides is 4. The average molecular weight is 374 g/mol. The summed E-state index contributed by atoms with van der Waals surface area (Å²) in [6, 6.07) is 3.53. The van der Waals surface area contributed by atoms with Gasteiger partial charge >= 0.3 is 0 Å². The van der Waals surface area contributed by atoms with E-state index in [0.717, 1.165) is 11.2 Å². The molecule has 1 unspecified atom stereocenters. The van der Waals surface area contributed by atoms with Crippen LogP contribution in [-0.4, -0.2) is 47.5 Å². The Hall–Kier alpha value is -3.03. The van der Waals surface area contributed by atoms with Crippen molar-refractivity contribution in [2.45, 2.75) is 45.6 Å². The van der Waals surface area contributed by atoms with E-state index in [4.69, 9.17) is 4.74 Å². The minimum absolute atomic E-state index is 0.0783. The maximum atomic E-state index is 12.6. The summed E-state index contributed by atoms with van der Waals surface area (Å²) in [6.45, 7) is 4.32. The van der Waals surface area contributed by atoms with Crippen LogP contribution in [0.2, 0.25) is 0 Å². The predicted molar refractivity (Wildman–Crippen MR) is 95.3 cm³/mol. The van der Waals surface area contributed by atoms with Gasteiger partial charge in [-0.3, -0.25) is 29.4 Å². The van der Waals surface area contributed by atoms with Gasteiger partial charge in [0, 0.05) is 12.8 Å². The van der Waals surface area contributed by atoms with E-state index < -0.39 is 29.7 Å². The summed E-state index contributed by atoms with van der Waals surface area (Å²) in [5.41, 5.74) is 0.373. The number of aldehydes is 1. The van der Waals surface area contributed by atoms with Crippen LogP contribution in [0.15, 0.2) is 18.2 Å². The SMILES string of the molecule is CC.O=CCCCOc1ccc2c(c1)C(=O)N(C1CCC(=O)NC1=O)C2=O. The molecule has 1 N–H and O–H groups in total. The zero-order valence-corrected chi connectivity index (χ0v) is 15.3. The maximum absolute atomic E-state index is 12.6. The Labute approximate surface area is 156 Å². The van der Waals surface area contributed by atoms with Crippen LogP contribution in [0.25, 0.3) is 0 Å². The topological polar surface area (TPSA) is 110 Å². The first-order valence-electron chi connectivity index (χ1n) is 8.95. The van der Waals surface area contributed by atoms with E-state index in [0.29, 0.717) is 25.2 Å². The number of piperidine rings is 1. The second kappa shape index (κ2) is 9.07. The Morgan fingerprint density at radius 3 is 2.52 bits per heavy atom. The van der Waals surface area contributed by atoms with Gasteiger partial charge in [0.1, 0.15) is 18.1 Å². The minimum atomic E-state index is -0.984. The lowest BCUT2D eigenvalue weighted by molar-refractivity contribution is -0.136. The molecule has 0 spiro atoms. The van der Waals surface area contributed by atoms with E-state index in [1.807, 2.05) is 13.8 Å². The van der Waals surface area contributed by atoms with Crippen molar-refractivity contribution in [3.05, 3.63) is 29.3 Å². The summed E-state index contributed by atoms with van der Waals surface area (Å²) in [6.07, 6.45) is 1.92. The molecule has 144 valence electrons. The summed E-state index contributed by atoms with van der Waals surface area (Å²) < 4.78 is 5.47. The molecule has 2 aliphatic heterocycles. The highest BCUT2D eigenvalue weighted by atomic mass is 16.5. The standard InChI is InChI=1S/C17H16N2O6.C2H6/c20-7-1-2-8-25-10-3-4-11-12(9-10)17(24)19(16(11)23)13-5-6-14(21)18-15(13)22;1-2/h3-4,7,9,13H,1-2,5-6,8H2,(H,18,21,22);1-2H3. The van der Waals surface area contributed by atoms with Crippen LogP contribution in [0.5, 0.6) is 5.75 Å². The fraction of sp³-hybridized carbons (Fsp3) is 0.421. The van der Waals surface area contributed by atoms with E-state index in [1.165, 1.54) is 12.1 Å². The highest BCUT2D eigenvalue weighted by Gasteiger charge is 2.44. The van der Waals surface area contributed by atoms with Crippen LogP contribution in [0.4, 0.5) is 0 Å². The van der Waals surface area contributed by atoms with Crippen molar-refractivity contribution < 1.29 is 28.7 Å². The third-order valence-corrected chi connectivity index (χ3v) is 4.15. The van der Waals surface area contributed by atoms with Gasteiger partial charge in [0.05, 0.1) is 17.7 Å². The molecule has 0 aliphatic carbocycles. The van der Waals surface area contributed by atoms with Crippen LogP contribution in [0.1, 0.15) is 60.2 Å². The van der Waals surface area contributed by atoms with Crippen LogP contribution < -0.4 is 10.1 Å². The molecule has 2 aliphatic rings. The molecule has 0 saturated carbocycles. The van der Waals surface area contributed by atoms with Gasteiger partial charge in [0.15, 0.2) is 0 Å². The zero-order valence-electron chi connectivity index (χ0n) is 15.3. The quantitative estimate of drug-likeness (QED) is 0.459. The second-order valence-corrected chi connectivity index (χ2v) is 5.81. The van der Waals surface area contributed by atoms with Crippen molar-refractivity contribution in [1.29, 1.82) is 0 Å². The van der Waals surface area contributed by atoms with Crippen molar-refractivity contribution in [1.82, 2.24) is 10.2 Å². The van der Waals surface area contributed by atoms with Gasteiger partial charge in [-0.05, 0) is 31.0 Å². The second-order valence-electron chi connectivity index (χ2n) is 5.81. The van der Waals surface area contributed by atoms with E-state index in [-0.39, 0.29) is 24.0 Å². The fourth-order valence-corrected chi connectivity index (χ4v) is 2.90. The maximum Gasteiger partial charge on any atom is 0.262 e. The Kier molecular flexibility index (Phi) is 6.81. The Balaban J connectivity index is 0.00000126. The molecule has 8 heteroatoms. The number of rotatable bonds is 6. The summed E-state index contributed by atoms with van der Waals surface area (Å²) in [5.74, 6) is -1.77. The number of fused-ring (bicyclic) bond motifs is 1. The predicted octanol–water partition coefficient (Wildman–Crippen LogP) is 1.47. The minimum Gasteiger partial charge on any atom is -0.494 e. The largest absolute Gasteiger partial charge is 0.494 e. The number of benzene rings is 1. The van der Waals surface area contributed by atoms with Crippen molar-refractivity contribution in [3.8, 4) is 5.75 Å². The Morgan fingerprint density at radius 2 is 1.85 bits per heavy atom. The summed E-state index contributed by atoms with van der Waals surface area (Å²) in [4.78, 5) is 59.5. The summed E-state index contributed by atoms with van der Waals surface area (Å²) >= 11 is 0. The zero-order chi connectivity index (χ0) is 20.0. The number of imide groups is 2. The molecule has 0 bridgehead atoms. The molecule has 2 heterocycles. The van der Waals surface area contributed by atoms with Crippen molar-refractivity contribution in [3.63, 3.8) is 0 Å². The van der Waals surface area contributed by atoms with Crippen molar-refractivity contribution in [2.75, 3.05) is 6.61 Å². The molecule has 1 aromatic carbocycles. The number of carbonyl (C=O) groups excluding carboxylic acids is 5. The van der Waals surface area contributed by atoms with Crippen LogP contribution in [0.3, 0.4) is 0 Å². The highest BCUT2D eigenvalue weighted by Crippen LogP contribution is 2.30. The lowest BCUT2D eigenvalue weighted by Gasteiger charge is -2.27. The van der Waals surface area contributed by atoms with Gasteiger partial charge in [0.25, 0.3) is 11.8 Å². The third kappa shape index (κ3) is 4.21. The average Bonchev–Trinajstić information content (AvgIpc) is 2.91. The molecule has 0 radical (unpaired) electrons. The number of ether oxygens (including phenoxy) is 1. The van der Waals surface area contributed by atoms with Gasteiger partial charge in [-0.15, -0.1) is 0 Å². The molecule has 27 heavy (non-hydrogen) atoms. The molecule has 1 atom stereocenters. The Morgan fingerprint density at radius 1 is 1.15 bits per heavy atom. The molecule has 8 nitrogen and oxygen atoms in total.